The molecule has 0 bridgehead atoms. The van der Waals surface area contributed by atoms with Crippen molar-refractivity contribution in [2.24, 2.45) is 0 Å². The molecule has 2 aromatic rings. The number of methoxy groups -OCH3 is 1. The average molecular weight is 445 g/mol. The fourth-order valence-corrected chi connectivity index (χ4v) is 3.08. The van der Waals surface area contributed by atoms with Gasteiger partial charge in [-0.3, -0.25) is 9.59 Å². The highest BCUT2D eigenvalue weighted by molar-refractivity contribution is 9.10. The second-order valence-corrected chi connectivity index (χ2v) is 6.71. The number of nitrogens with zero attached hydrogens (tertiary/aromatic N) is 1. The zero-order chi connectivity index (χ0) is 20.7. The molecule has 0 aliphatic rings. The Kier molecular flexibility index (Phi) is 7.47. The summed E-state index contributed by atoms with van der Waals surface area (Å²) >= 11 is 3.39. The lowest BCUT2D eigenvalue weighted by Gasteiger charge is -2.19. The molecule has 0 aromatic heterocycles. The molecule has 0 radical (unpaired) electrons. The highest BCUT2D eigenvalue weighted by Gasteiger charge is 2.19. The van der Waals surface area contributed by atoms with Crippen molar-refractivity contribution < 1.29 is 19.1 Å². The van der Waals surface area contributed by atoms with Crippen molar-refractivity contribution in [3.05, 3.63) is 52.0 Å². The third-order valence-electron chi connectivity index (χ3n) is 3.81. The molecule has 0 aliphatic heterocycles. The number of ether oxygens (including phenoxy) is 2. The number of hydrogen-bond donors (Lipinski definition) is 1. The van der Waals surface area contributed by atoms with Crippen LogP contribution in [0.5, 0.6) is 11.5 Å². The number of terminal acetylenes is 1. The van der Waals surface area contributed by atoms with E-state index < -0.39 is 0 Å². The summed E-state index contributed by atoms with van der Waals surface area (Å²) in [5, 5.41) is 2.73. The van der Waals surface area contributed by atoms with Crippen molar-refractivity contribution in [1.29, 1.82) is 0 Å². The van der Waals surface area contributed by atoms with E-state index in [4.69, 9.17) is 15.9 Å². The summed E-state index contributed by atoms with van der Waals surface area (Å²) in [5.41, 5.74) is 1.61. The van der Waals surface area contributed by atoms with Crippen molar-refractivity contribution >= 4 is 33.4 Å². The number of carbonyl (C=O) groups excluding carboxylic acids is 2. The van der Waals surface area contributed by atoms with Gasteiger partial charge in [-0.1, -0.05) is 12.0 Å². The van der Waals surface area contributed by atoms with Crippen LogP contribution in [0.15, 0.2) is 40.9 Å². The van der Waals surface area contributed by atoms with Crippen LogP contribution in [0.4, 0.5) is 5.69 Å². The molecule has 2 aromatic carbocycles. The van der Waals surface area contributed by atoms with E-state index in [1.807, 2.05) is 6.92 Å². The second kappa shape index (κ2) is 9.81. The lowest BCUT2D eigenvalue weighted by molar-refractivity contribution is -0.116. The number of carbonyl (C=O) groups is 2. The Morgan fingerprint density at radius 2 is 2.04 bits per heavy atom. The van der Waals surface area contributed by atoms with Gasteiger partial charge in [-0.15, -0.1) is 6.42 Å². The Bertz CT molecular complexity index is 921. The predicted molar refractivity (Wildman–Crippen MR) is 112 cm³/mol. The van der Waals surface area contributed by atoms with E-state index >= 15 is 0 Å². The molecule has 0 atom stereocenters. The van der Waals surface area contributed by atoms with E-state index in [0.717, 1.165) is 0 Å². The number of hydrogen-bond acceptors (Lipinski definition) is 4. The Morgan fingerprint density at radius 1 is 1.29 bits per heavy atom. The van der Waals surface area contributed by atoms with Gasteiger partial charge in [0.2, 0.25) is 5.91 Å². The molecule has 1 N–H and O–H groups in total. The number of likely N-dealkylation sites (N-methyl/N-ethyl adjacent to an activating group) is 1. The molecule has 7 heteroatoms. The molecule has 0 saturated carbocycles. The first-order valence-corrected chi connectivity index (χ1v) is 9.31. The first-order chi connectivity index (χ1) is 13.4. The van der Waals surface area contributed by atoms with E-state index in [1.54, 1.807) is 43.4 Å². The molecule has 0 heterocycles. The lowest BCUT2D eigenvalue weighted by Crippen LogP contribution is -2.35. The van der Waals surface area contributed by atoms with Crippen LogP contribution in [0.2, 0.25) is 0 Å². The maximum Gasteiger partial charge on any atom is 0.254 e. The highest BCUT2D eigenvalue weighted by Crippen LogP contribution is 2.36. The highest BCUT2D eigenvalue weighted by atomic mass is 79.9. The van der Waals surface area contributed by atoms with Crippen LogP contribution in [-0.2, 0) is 4.79 Å². The first-order valence-electron chi connectivity index (χ1n) is 8.51. The Balaban J connectivity index is 2.10. The number of anilines is 1. The Morgan fingerprint density at radius 3 is 2.68 bits per heavy atom. The minimum Gasteiger partial charge on any atom is -0.493 e. The summed E-state index contributed by atoms with van der Waals surface area (Å²) in [4.78, 5) is 26.3. The summed E-state index contributed by atoms with van der Waals surface area (Å²) in [6.07, 6.45) is 5.36. The summed E-state index contributed by atoms with van der Waals surface area (Å²) in [5.74, 6) is 2.81. The minimum absolute atomic E-state index is 0.119. The third-order valence-corrected chi connectivity index (χ3v) is 4.39. The van der Waals surface area contributed by atoms with Gasteiger partial charge < -0.3 is 19.7 Å². The van der Waals surface area contributed by atoms with E-state index in [2.05, 4.69) is 27.2 Å². The molecule has 0 spiro atoms. The fourth-order valence-electron chi connectivity index (χ4n) is 2.52. The molecule has 146 valence electrons. The zero-order valence-electron chi connectivity index (χ0n) is 15.9. The number of halogens is 1. The summed E-state index contributed by atoms with van der Waals surface area (Å²) < 4.78 is 11.4. The van der Waals surface area contributed by atoms with Crippen molar-refractivity contribution in [1.82, 2.24) is 4.90 Å². The quantitative estimate of drug-likeness (QED) is 0.663. The topological polar surface area (TPSA) is 67.9 Å². The molecular formula is C21H21BrN2O4. The van der Waals surface area contributed by atoms with Crippen molar-refractivity contribution in [2.45, 2.75) is 6.92 Å². The van der Waals surface area contributed by atoms with Crippen molar-refractivity contribution in [3.63, 3.8) is 0 Å². The second-order valence-electron chi connectivity index (χ2n) is 5.86. The monoisotopic (exact) mass is 444 g/mol. The van der Waals surface area contributed by atoms with Gasteiger partial charge in [0.15, 0.2) is 11.5 Å². The standard InChI is InChI=1S/C21H21BrN2O4/c1-5-14-8-7-9-16(10-14)23-19(25)13-24(3)21(26)15-11-17(22)20(28-6-2)18(12-15)27-4/h1,7-12H,6,13H2,2-4H3,(H,23,25). The van der Waals surface area contributed by atoms with Gasteiger partial charge in [-0.25, -0.2) is 0 Å². The van der Waals surface area contributed by atoms with Crippen molar-refractivity contribution in [3.8, 4) is 23.8 Å². The third kappa shape index (κ3) is 5.27. The van der Waals surface area contributed by atoms with Gasteiger partial charge >= 0.3 is 0 Å². The van der Waals surface area contributed by atoms with Crippen molar-refractivity contribution in [2.75, 3.05) is 32.6 Å². The van der Waals surface area contributed by atoms with Gasteiger partial charge in [-0.2, -0.15) is 0 Å². The maximum atomic E-state index is 12.7. The van der Waals surface area contributed by atoms with Crippen LogP contribution in [0, 0.1) is 12.3 Å². The van der Waals surface area contributed by atoms with Crippen LogP contribution in [0.1, 0.15) is 22.8 Å². The fraction of sp³-hybridized carbons (Fsp3) is 0.238. The van der Waals surface area contributed by atoms with Crippen LogP contribution in [-0.4, -0.2) is 44.0 Å². The number of rotatable bonds is 7. The van der Waals surface area contributed by atoms with Gasteiger partial charge in [0, 0.05) is 23.9 Å². The first kappa shape index (κ1) is 21.3. The van der Waals surface area contributed by atoms with E-state index in [-0.39, 0.29) is 18.4 Å². The molecule has 0 fully saturated rings. The van der Waals surface area contributed by atoms with Crippen LogP contribution < -0.4 is 14.8 Å². The predicted octanol–water partition coefficient (Wildman–Crippen LogP) is 3.55. The molecule has 2 rings (SSSR count). The smallest absolute Gasteiger partial charge is 0.254 e. The average Bonchev–Trinajstić information content (AvgIpc) is 2.68. The Labute approximate surface area is 172 Å². The molecule has 28 heavy (non-hydrogen) atoms. The maximum absolute atomic E-state index is 12.7. The molecular weight excluding hydrogens is 424 g/mol. The lowest BCUT2D eigenvalue weighted by atomic mass is 10.1. The number of benzene rings is 2. The van der Waals surface area contributed by atoms with Gasteiger partial charge in [0.05, 0.1) is 24.7 Å². The molecule has 0 aliphatic carbocycles. The molecule has 0 saturated heterocycles. The normalized spacial score (nSPS) is 9.96. The molecule has 6 nitrogen and oxygen atoms in total. The number of amides is 2. The summed E-state index contributed by atoms with van der Waals surface area (Å²) in [6.45, 7) is 2.20. The van der Waals surface area contributed by atoms with Gasteiger partial charge in [0.25, 0.3) is 5.91 Å². The van der Waals surface area contributed by atoms with Crippen LogP contribution in [0.25, 0.3) is 0 Å². The summed E-state index contributed by atoms with van der Waals surface area (Å²) in [7, 11) is 3.05. The largest absolute Gasteiger partial charge is 0.493 e. The minimum atomic E-state index is -0.331. The summed E-state index contributed by atoms with van der Waals surface area (Å²) in [6, 6.07) is 10.2. The van der Waals surface area contributed by atoms with Gasteiger partial charge in [0.1, 0.15) is 0 Å². The SMILES string of the molecule is C#Cc1cccc(NC(=O)CN(C)C(=O)c2cc(Br)c(OCC)c(OC)c2)c1. The van der Waals surface area contributed by atoms with Crippen LogP contribution in [0.3, 0.4) is 0 Å². The van der Waals surface area contributed by atoms with Gasteiger partial charge in [-0.05, 0) is 53.2 Å². The van der Waals surface area contributed by atoms with Crippen LogP contribution >= 0.6 is 15.9 Å². The zero-order valence-corrected chi connectivity index (χ0v) is 17.5. The number of nitrogens with one attached hydrogen (secondary N) is 1. The molecule has 2 amide bonds. The van der Waals surface area contributed by atoms with E-state index in [1.165, 1.54) is 12.0 Å². The molecule has 0 unspecified atom stereocenters. The Hall–Kier alpha value is -2.98. The van der Waals surface area contributed by atoms with E-state index in [0.29, 0.717) is 39.4 Å². The van der Waals surface area contributed by atoms with E-state index in [9.17, 15) is 9.59 Å².